The SMILES string of the molecule is CCN(CC)C1=NC(NC(=O)CC2CCCCC2)C(=O)N(C)c2ccccc21. The number of carbonyl (C=O) groups excluding carboxylic acids is 2. The fraction of sp³-hybridized carbons (Fsp3) is 0.591. The van der Waals surface area contributed by atoms with Gasteiger partial charge in [0.1, 0.15) is 5.84 Å². The van der Waals surface area contributed by atoms with Crippen molar-refractivity contribution in [2.45, 2.75) is 58.5 Å². The van der Waals surface area contributed by atoms with Crippen molar-refractivity contribution in [2.75, 3.05) is 25.0 Å². The Morgan fingerprint density at radius 3 is 2.54 bits per heavy atom. The van der Waals surface area contributed by atoms with Crippen LogP contribution in [0.5, 0.6) is 0 Å². The lowest BCUT2D eigenvalue weighted by Crippen LogP contribution is -2.46. The molecule has 0 spiro atoms. The minimum absolute atomic E-state index is 0.0766. The zero-order valence-electron chi connectivity index (χ0n) is 17.3. The number of likely N-dealkylation sites (N-methyl/N-ethyl adjacent to an activating group) is 1. The second-order valence-corrected chi connectivity index (χ2v) is 7.72. The van der Waals surface area contributed by atoms with E-state index in [2.05, 4.69) is 24.1 Å². The van der Waals surface area contributed by atoms with Gasteiger partial charge in [-0.1, -0.05) is 31.4 Å². The quantitative estimate of drug-likeness (QED) is 0.848. The number of hydrogen-bond donors (Lipinski definition) is 1. The average molecular weight is 385 g/mol. The summed E-state index contributed by atoms with van der Waals surface area (Å²) in [6, 6.07) is 7.80. The van der Waals surface area contributed by atoms with Gasteiger partial charge in [-0.05, 0) is 44.7 Å². The molecule has 6 heteroatoms. The zero-order valence-corrected chi connectivity index (χ0v) is 17.3. The molecule has 0 aromatic heterocycles. The van der Waals surface area contributed by atoms with Crippen molar-refractivity contribution in [3.05, 3.63) is 29.8 Å². The first kappa shape index (κ1) is 20.4. The molecule has 152 valence electrons. The maximum absolute atomic E-state index is 13.1. The molecule has 0 bridgehead atoms. The number of benzene rings is 1. The molecular weight excluding hydrogens is 352 g/mol. The first-order valence-electron chi connectivity index (χ1n) is 10.5. The highest BCUT2D eigenvalue weighted by atomic mass is 16.2. The van der Waals surface area contributed by atoms with Gasteiger partial charge in [-0.3, -0.25) is 9.59 Å². The van der Waals surface area contributed by atoms with E-state index >= 15 is 0 Å². The van der Waals surface area contributed by atoms with Gasteiger partial charge < -0.3 is 15.1 Å². The van der Waals surface area contributed by atoms with Gasteiger partial charge in [0.2, 0.25) is 12.1 Å². The van der Waals surface area contributed by atoms with Crippen LogP contribution in [0.3, 0.4) is 0 Å². The molecule has 1 aromatic rings. The predicted octanol–water partition coefficient (Wildman–Crippen LogP) is 3.16. The molecule has 0 saturated heterocycles. The molecule has 1 aromatic carbocycles. The summed E-state index contributed by atoms with van der Waals surface area (Å²) in [6.07, 6.45) is 5.46. The average Bonchev–Trinajstić information content (AvgIpc) is 2.81. The second-order valence-electron chi connectivity index (χ2n) is 7.72. The number of amidine groups is 1. The summed E-state index contributed by atoms with van der Waals surface area (Å²) in [5.74, 6) is 0.913. The molecule has 28 heavy (non-hydrogen) atoms. The van der Waals surface area contributed by atoms with Crippen LogP contribution in [-0.2, 0) is 9.59 Å². The van der Waals surface area contributed by atoms with Gasteiger partial charge in [0.15, 0.2) is 0 Å². The highest BCUT2D eigenvalue weighted by Gasteiger charge is 2.32. The third kappa shape index (κ3) is 4.37. The van der Waals surface area contributed by atoms with Crippen molar-refractivity contribution in [1.29, 1.82) is 0 Å². The van der Waals surface area contributed by atoms with Gasteiger partial charge in [0.25, 0.3) is 5.91 Å². The minimum atomic E-state index is -0.885. The topological polar surface area (TPSA) is 65.0 Å². The van der Waals surface area contributed by atoms with Crippen molar-refractivity contribution >= 4 is 23.3 Å². The highest BCUT2D eigenvalue weighted by molar-refractivity contribution is 6.12. The maximum atomic E-state index is 13.1. The van der Waals surface area contributed by atoms with Gasteiger partial charge in [-0.25, -0.2) is 4.99 Å². The molecule has 6 nitrogen and oxygen atoms in total. The largest absolute Gasteiger partial charge is 0.357 e. The van der Waals surface area contributed by atoms with E-state index in [9.17, 15) is 9.59 Å². The normalized spacial score (nSPS) is 20.2. The summed E-state index contributed by atoms with van der Waals surface area (Å²) < 4.78 is 0. The molecule has 1 saturated carbocycles. The summed E-state index contributed by atoms with van der Waals surface area (Å²) in [7, 11) is 1.75. The molecule has 1 fully saturated rings. The van der Waals surface area contributed by atoms with E-state index in [1.54, 1.807) is 11.9 Å². The molecule has 2 amide bonds. The van der Waals surface area contributed by atoms with E-state index in [-0.39, 0.29) is 11.8 Å². The van der Waals surface area contributed by atoms with E-state index in [0.29, 0.717) is 12.3 Å². The van der Waals surface area contributed by atoms with E-state index in [0.717, 1.165) is 43.0 Å². The van der Waals surface area contributed by atoms with Gasteiger partial charge >= 0.3 is 0 Å². The Bertz CT molecular complexity index is 736. The monoisotopic (exact) mass is 384 g/mol. The molecule has 2 aliphatic rings. The van der Waals surface area contributed by atoms with E-state index < -0.39 is 6.17 Å². The molecule has 0 radical (unpaired) electrons. The Kier molecular flexibility index (Phi) is 6.70. The summed E-state index contributed by atoms with van der Waals surface area (Å²) in [4.78, 5) is 34.2. The van der Waals surface area contributed by atoms with Crippen LogP contribution in [-0.4, -0.2) is 48.9 Å². The van der Waals surface area contributed by atoms with Crippen LogP contribution in [0.1, 0.15) is 57.9 Å². The summed E-state index contributed by atoms with van der Waals surface area (Å²) >= 11 is 0. The molecule has 1 atom stereocenters. The van der Waals surface area contributed by atoms with Crippen molar-refractivity contribution in [3.63, 3.8) is 0 Å². The van der Waals surface area contributed by atoms with Crippen molar-refractivity contribution in [2.24, 2.45) is 10.9 Å². The lowest BCUT2D eigenvalue weighted by Gasteiger charge is -2.24. The van der Waals surface area contributed by atoms with Crippen molar-refractivity contribution < 1.29 is 9.59 Å². The Hall–Kier alpha value is -2.37. The van der Waals surface area contributed by atoms with E-state index in [1.165, 1.54) is 19.3 Å². The molecule has 1 N–H and O–H groups in total. The predicted molar refractivity (Wildman–Crippen MR) is 112 cm³/mol. The number of nitrogens with zero attached hydrogens (tertiary/aromatic N) is 3. The first-order chi connectivity index (χ1) is 13.5. The molecule has 1 unspecified atom stereocenters. The van der Waals surface area contributed by atoms with Gasteiger partial charge in [-0.15, -0.1) is 0 Å². The highest BCUT2D eigenvalue weighted by Crippen LogP contribution is 2.27. The number of anilines is 1. The van der Waals surface area contributed by atoms with Crippen LogP contribution in [0.25, 0.3) is 0 Å². The van der Waals surface area contributed by atoms with Crippen LogP contribution < -0.4 is 10.2 Å². The van der Waals surface area contributed by atoms with Crippen molar-refractivity contribution in [1.82, 2.24) is 10.2 Å². The molecular formula is C22H32N4O2. The third-order valence-corrected chi connectivity index (χ3v) is 5.88. The number of fused-ring (bicyclic) bond motifs is 1. The maximum Gasteiger partial charge on any atom is 0.272 e. The second kappa shape index (κ2) is 9.22. The van der Waals surface area contributed by atoms with E-state index in [4.69, 9.17) is 4.99 Å². The van der Waals surface area contributed by atoms with Crippen LogP contribution in [0.15, 0.2) is 29.3 Å². The number of nitrogens with one attached hydrogen (secondary N) is 1. The van der Waals surface area contributed by atoms with Crippen LogP contribution in [0.2, 0.25) is 0 Å². The molecule has 3 rings (SSSR count). The number of para-hydroxylation sites is 1. The lowest BCUT2D eigenvalue weighted by atomic mass is 9.87. The third-order valence-electron chi connectivity index (χ3n) is 5.88. The number of rotatable bonds is 5. The first-order valence-corrected chi connectivity index (χ1v) is 10.5. The standard InChI is InChI=1S/C22H32N4O2/c1-4-26(5-2)21-17-13-9-10-14-18(17)25(3)22(28)20(24-21)23-19(27)15-16-11-7-6-8-12-16/h9-10,13-14,16,20H,4-8,11-12,15H2,1-3H3,(H,23,27). The number of amides is 2. The summed E-state index contributed by atoms with van der Waals surface area (Å²) in [5.41, 5.74) is 1.74. The Morgan fingerprint density at radius 2 is 1.86 bits per heavy atom. The summed E-state index contributed by atoms with van der Waals surface area (Å²) in [5, 5.41) is 2.91. The summed E-state index contributed by atoms with van der Waals surface area (Å²) in [6.45, 7) is 5.71. The Morgan fingerprint density at radius 1 is 1.18 bits per heavy atom. The fourth-order valence-corrected chi connectivity index (χ4v) is 4.24. The van der Waals surface area contributed by atoms with Gasteiger partial charge in [0, 0.05) is 32.1 Å². The smallest absolute Gasteiger partial charge is 0.272 e. The minimum Gasteiger partial charge on any atom is -0.357 e. The number of hydrogen-bond acceptors (Lipinski definition) is 4. The number of carbonyl (C=O) groups is 2. The van der Waals surface area contributed by atoms with Gasteiger partial charge in [0.05, 0.1) is 5.69 Å². The number of benzodiazepines with no additional fused rings is 1. The molecule has 1 heterocycles. The van der Waals surface area contributed by atoms with Crippen LogP contribution >= 0.6 is 0 Å². The lowest BCUT2D eigenvalue weighted by molar-refractivity contribution is -0.128. The zero-order chi connectivity index (χ0) is 20.1. The molecule has 1 aliphatic carbocycles. The van der Waals surface area contributed by atoms with Crippen LogP contribution in [0.4, 0.5) is 5.69 Å². The van der Waals surface area contributed by atoms with E-state index in [1.807, 2.05) is 24.3 Å². The Balaban J connectivity index is 1.86. The van der Waals surface area contributed by atoms with Crippen molar-refractivity contribution in [3.8, 4) is 0 Å². The fourth-order valence-electron chi connectivity index (χ4n) is 4.24. The Labute approximate surface area is 168 Å². The van der Waals surface area contributed by atoms with Crippen LogP contribution in [0, 0.1) is 5.92 Å². The molecule has 1 aliphatic heterocycles. The number of aliphatic imine (C=N–C) groups is 1. The van der Waals surface area contributed by atoms with Gasteiger partial charge in [-0.2, -0.15) is 0 Å².